The predicted octanol–water partition coefficient (Wildman–Crippen LogP) is 1.37. The molecule has 3 heteroatoms. The molecule has 1 saturated carbocycles. The molecule has 1 saturated heterocycles. The molecule has 0 spiro atoms. The lowest BCUT2D eigenvalue weighted by Crippen LogP contribution is -2.51. The van der Waals surface area contributed by atoms with E-state index in [1.807, 2.05) is 0 Å². The first-order valence-corrected chi connectivity index (χ1v) is 6.30. The molecule has 2 aliphatic rings. The van der Waals surface area contributed by atoms with Crippen molar-refractivity contribution < 1.29 is 4.74 Å². The minimum atomic E-state index is 0.393. The van der Waals surface area contributed by atoms with E-state index in [2.05, 4.69) is 18.7 Å². The van der Waals surface area contributed by atoms with Crippen molar-refractivity contribution >= 4 is 0 Å². The summed E-state index contributed by atoms with van der Waals surface area (Å²) < 4.78 is 5.76. The summed E-state index contributed by atoms with van der Waals surface area (Å²) in [7, 11) is 0. The van der Waals surface area contributed by atoms with Crippen LogP contribution in [-0.2, 0) is 4.74 Å². The lowest BCUT2D eigenvalue weighted by Gasteiger charge is -2.42. The van der Waals surface area contributed by atoms with Crippen LogP contribution in [0.1, 0.15) is 39.5 Å². The van der Waals surface area contributed by atoms with Crippen LogP contribution in [0.25, 0.3) is 0 Å². The van der Waals surface area contributed by atoms with Crippen molar-refractivity contribution in [1.82, 2.24) is 4.90 Å². The Bertz CT molecular complexity index is 192. The molecule has 2 fully saturated rings. The zero-order chi connectivity index (χ0) is 10.8. The average molecular weight is 212 g/mol. The van der Waals surface area contributed by atoms with Crippen LogP contribution in [0.3, 0.4) is 0 Å². The summed E-state index contributed by atoms with van der Waals surface area (Å²) in [6.45, 7) is 6.56. The number of morpholine rings is 1. The van der Waals surface area contributed by atoms with Gasteiger partial charge in [-0.2, -0.15) is 0 Å². The first-order valence-electron chi connectivity index (χ1n) is 6.30. The van der Waals surface area contributed by atoms with Crippen molar-refractivity contribution in [2.24, 2.45) is 5.73 Å². The Morgan fingerprint density at radius 3 is 2.07 bits per heavy atom. The van der Waals surface area contributed by atoms with Crippen LogP contribution in [0.15, 0.2) is 0 Å². The summed E-state index contributed by atoms with van der Waals surface area (Å²) in [5, 5.41) is 0. The summed E-state index contributed by atoms with van der Waals surface area (Å²) >= 11 is 0. The highest BCUT2D eigenvalue weighted by Crippen LogP contribution is 2.24. The van der Waals surface area contributed by atoms with Crippen molar-refractivity contribution in [3.8, 4) is 0 Å². The smallest absolute Gasteiger partial charge is 0.0678 e. The van der Waals surface area contributed by atoms with Crippen LogP contribution in [0.2, 0.25) is 0 Å². The summed E-state index contributed by atoms with van der Waals surface area (Å²) in [4.78, 5) is 2.62. The molecule has 2 atom stereocenters. The quantitative estimate of drug-likeness (QED) is 0.713. The zero-order valence-electron chi connectivity index (χ0n) is 9.98. The number of hydrogen-bond donors (Lipinski definition) is 1. The summed E-state index contributed by atoms with van der Waals surface area (Å²) in [6, 6.07) is 1.22. The molecule has 15 heavy (non-hydrogen) atoms. The first-order chi connectivity index (χ1) is 7.15. The maximum absolute atomic E-state index is 5.94. The second kappa shape index (κ2) is 4.81. The van der Waals surface area contributed by atoms with E-state index in [1.54, 1.807) is 0 Å². The average Bonchev–Trinajstić information content (AvgIpc) is 2.17. The predicted molar refractivity (Wildman–Crippen MR) is 61.8 cm³/mol. The van der Waals surface area contributed by atoms with Gasteiger partial charge in [0.05, 0.1) is 12.2 Å². The van der Waals surface area contributed by atoms with Gasteiger partial charge in [0.15, 0.2) is 0 Å². The third-order valence-corrected chi connectivity index (χ3v) is 3.71. The summed E-state index contributed by atoms with van der Waals surface area (Å²) in [6.07, 6.45) is 5.74. The normalized spacial score (nSPS) is 44.2. The third kappa shape index (κ3) is 2.92. The first kappa shape index (κ1) is 11.4. The third-order valence-electron chi connectivity index (χ3n) is 3.71. The van der Waals surface area contributed by atoms with Gasteiger partial charge < -0.3 is 10.5 Å². The molecule has 1 heterocycles. The molecule has 0 unspecified atom stereocenters. The van der Waals surface area contributed by atoms with Crippen molar-refractivity contribution in [1.29, 1.82) is 0 Å². The van der Waals surface area contributed by atoms with E-state index in [1.165, 1.54) is 25.7 Å². The number of rotatable bonds is 1. The number of nitrogens with two attached hydrogens (primary N) is 1. The molecule has 0 aromatic heterocycles. The summed E-state index contributed by atoms with van der Waals surface area (Å²) in [5.41, 5.74) is 5.94. The Hall–Kier alpha value is -0.120. The molecule has 0 bridgehead atoms. The van der Waals surface area contributed by atoms with E-state index in [-0.39, 0.29) is 0 Å². The van der Waals surface area contributed by atoms with Gasteiger partial charge in [0.25, 0.3) is 0 Å². The number of ether oxygens (including phenoxy) is 1. The molecule has 2 N–H and O–H groups in total. The minimum Gasteiger partial charge on any atom is -0.373 e. The zero-order valence-corrected chi connectivity index (χ0v) is 9.98. The molecule has 88 valence electrons. The van der Waals surface area contributed by atoms with Crippen molar-refractivity contribution in [2.45, 2.75) is 63.8 Å². The van der Waals surface area contributed by atoms with Gasteiger partial charge in [0.1, 0.15) is 0 Å². The minimum absolute atomic E-state index is 0.393. The fraction of sp³-hybridized carbons (Fsp3) is 1.00. The maximum atomic E-state index is 5.94. The topological polar surface area (TPSA) is 38.5 Å². The molecular weight excluding hydrogens is 188 g/mol. The van der Waals surface area contributed by atoms with Gasteiger partial charge in [0.2, 0.25) is 0 Å². The Morgan fingerprint density at radius 2 is 1.53 bits per heavy atom. The van der Waals surface area contributed by atoms with Gasteiger partial charge >= 0.3 is 0 Å². The van der Waals surface area contributed by atoms with Gasteiger partial charge in [-0.1, -0.05) is 0 Å². The Labute approximate surface area is 93.0 Å². The van der Waals surface area contributed by atoms with Crippen LogP contribution in [0.5, 0.6) is 0 Å². The summed E-state index contributed by atoms with van der Waals surface area (Å²) in [5.74, 6) is 0. The highest BCUT2D eigenvalue weighted by molar-refractivity contribution is 4.84. The van der Waals surface area contributed by atoms with E-state index in [4.69, 9.17) is 10.5 Å². The van der Waals surface area contributed by atoms with E-state index in [0.29, 0.717) is 18.2 Å². The van der Waals surface area contributed by atoms with Crippen LogP contribution in [0.4, 0.5) is 0 Å². The van der Waals surface area contributed by atoms with Crippen molar-refractivity contribution in [3.63, 3.8) is 0 Å². The molecular formula is C12H24N2O. The lowest BCUT2D eigenvalue weighted by molar-refractivity contribution is -0.0843. The fourth-order valence-corrected chi connectivity index (χ4v) is 2.98. The van der Waals surface area contributed by atoms with Crippen molar-refractivity contribution in [2.75, 3.05) is 13.1 Å². The van der Waals surface area contributed by atoms with Gasteiger partial charge in [-0.3, -0.25) is 4.90 Å². The highest BCUT2D eigenvalue weighted by atomic mass is 16.5. The molecule has 1 aliphatic carbocycles. The largest absolute Gasteiger partial charge is 0.373 e. The van der Waals surface area contributed by atoms with E-state index in [9.17, 15) is 0 Å². The highest BCUT2D eigenvalue weighted by Gasteiger charge is 2.29. The van der Waals surface area contributed by atoms with Crippen LogP contribution >= 0.6 is 0 Å². The van der Waals surface area contributed by atoms with Crippen LogP contribution in [0, 0.1) is 0 Å². The molecule has 3 nitrogen and oxygen atoms in total. The van der Waals surface area contributed by atoms with Crippen molar-refractivity contribution in [3.05, 3.63) is 0 Å². The van der Waals surface area contributed by atoms with Gasteiger partial charge in [-0.15, -0.1) is 0 Å². The SMILES string of the molecule is C[C@@H]1CN(C2CCC(N)CC2)C[C@H](C)O1. The molecule has 1 aliphatic heterocycles. The number of nitrogens with zero attached hydrogens (tertiary/aromatic N) is 1. The Kier molecular flexibility index (Phi) is 3.65. The van der Waals surface area contributed by atoms with E-state index >= 15 is 0 Å². The van der Waals surface area contributed by atoms with Gasteiger partial charge in [-0.25, -0.2) is 0 Å². The molecule has 2 rings (SSSR count). The monoisotopic (exact) mass is 212 g/mol. The Morgan fingerprint density at radius 1 is 1.00 bits per heavy atom. The van der Waals surface area contributed by atoms with Gasteiger partial charge in [-0.05, 0) is 39.5 Å². The van der Waals surface area contributed by atoms with Crippen LogP contribution < -0.4 is 5.73 Å². The number of hydrogen-bond acceptors (Lipinski definition) is 3. The lowest BCUT2D eigenvalue weighted by atomic mass is 9.90. The Balaban J connectivity index is 1.87. The second-order valence-corrected chi connectivity index (χ2v) is 5.28. The van der Waals surface area contributed by atoms with Gasteiger partial charge in [0, 0.05) is 25.2 Å². The second-order valence-electron chi connectivity index (χ2n) is 5.28. The standard InChI is InChI=1S/C12H24N2O/c1-9-7-14(8-10(2)15-9)12-5-3-11(13)4-6-12/h9-12H,3-8,13H2,1-2H3/t9-,10+,11?,12?. The van der Waals surface area contributed by atoms with E-state index < -0.39 is 0 Å². The maximum Gasteiger partial charge on any atom is 0.0678 e. The fourth-order valence-electron chi connectivity index (χ4n) is 2.98. The molecule has 0 aromatic rings. The van der Waals surface area contributed by atoms with E-state index in [0.717, 1.165) is 19.1 Å². The molecule has 0 amide bonds. The van der Waals surface area contributed by atoms with Crippen LogP contribution in [-0.4, -0.2) is 42.3 Å². The molecule has 0 radical (unpaired) electrons. The molecule has 0 aromatic carbocycles.